The van der Waals surface area contributed by atoms with E-state index in [0.717, 1.165) is 4.90 Å². The molecule has 1 unspecified atom stereocenters. The fourth-order valence-electron chi connectivity index (χ4n) is 3.58. The van der Waals surface area contributed by atoms with E-state index in [-0.39, 0.29) is 35.4 Å². The van der Waals surface area contributed by atoms with Gasteiger partial charge in [0.25, 0.3) is 17.7 Å². The SMILES string of the molecule is CC(C)C1(C(=O)O)CCN(C(=O)c2ccc3c(c2)C(=O)N(C)C3=O)C1. The number of carbonyl (C=O) groups excluding carboxylic acids is 3. The summed E-state index contributed by atoms with van der Waals surface area (Å²) in [6.45, 7) is 4.19. The van der Waals surface area contributed by atoms with Crippen LogP contribution in [0.3, 0.4) is 0 Å². The van der Waals surface area contributed by atoms with Gasteiger partial charge in [0.15, 0.2) is 0 Å². The van der Waals surface area contributed by atoms with Crippen LogP contribution in [0, 0.1) is 11.3 Å². The molecule has 1 aromatic carbocycles. The van der Waals surface area contributed by atoms with Crippen LogP contribution < -0.4 is 0 Å². The molecule has 1 aromatic rings. The second-order valence-electron chi connectivity index (χ2n) is 7.02. The van der Waals surface area contributed by atoms with Crippen molar-refractivity contribution in [2.24, 2.45) is 11.3 Å². The number of fused-ring (bicyclic) bond motifs is 1. The molecule has 1 atom stereocenters. The summed E-state index contributed by atoms with van der Waals surface area (Å²) in [6.07, 6.45) is 0.400. The van der Waals surface area contributed by atoms with Crippen molar-refractivity contribution in [2.75, 3.05) is 20.1 Å². The van der Waals surface area contributed by atoms with Crippen LogP contribution >= 0.6 is 0 Å². The average Bonchev–Trinajstić information content (AvgIpc) is 3.12. The van der Waals surface area contributed by atoms with Crippen molar-refractivity contribution >= 4 is 23.7 Å². The molecule has 2 aliphatic heterocycles. The number of nitrogens with zero attached hydrogens (tertiary/aromatic N) is 2. The second-order valence-corrected chi connectivity index (χ2v) is 7.02. The first-order valence-corrected chi connectivity index (χ1v) is 8.18. The summed E-state index contributed by atoms with van der Waals surface area (Å²) in [7, 11) is 1.40. The lowest BCUT2D eigenvalue weighted by molar-refractivity contribution is -0.150. The molecular weight excluding hydrogens is 324 g/mol. The van der Waals surface area contributed by atoms with Crippen molar-refractivity contribution in [1.29, 1.82) is 0 Å². The first kappa shape index (κ1) is 17.1. The minimum atomic E-state index is -0.946. The molecule has 1 saturated heterocycles. The number of carboxylic acid groups (broad SMARTS) is 1. The minimum Gasteiger partial charge on any atom is -0.481 e. The van der Waals surface area contributed by atoms with E-state index >= 15 is 0 Å². The van der Waals surface area contributed by atoms with E-state index in [2.05, 4.69) is 0 Å². The predicted octanol–water partition coefficient (Wildman–Crippen LogP) is 1.49. The van der Waals surface area contributed by atoms with Gasteiger partial charge in [0.1, 0.15) is 0 Å². The number of aliphatic carboxylic acids is 1. The van der Waals surface area contributed by atoms with Crippen LogP contribution in [0.1, 0.15) is 51.3 Å². The maximum atomic E-state index is 12.8. The molecular formula is C18H20N2O5. The zero-order chi connectivity index (χ0) is 18.5. The molecule has 7 nitrogen and oxygen atoms in total. The van der Waals surface area contributed by atoms with E-state index in [1.807, 2.05) is 13.8 Å². The number of likely N-dealkylation sites (tertiary alicyclic amines) is 1. The van der Waals surface area contributed by atoms with Crippen molar-refractivity contribution in [3.05, 3.63) is 34.9 Å². The van der Waals surface area contributed by atoms with Crippen molar-refractivity contribution in [2.45, 2.75) is 20.3 Å². The van der Waals surface area contributed by atoms with Crippen LogP contribution in [0.5, 0.6) is 0 Å². The van der Waals surface area contributed by atoms with Crippen LogP contribution in [0.25, 0.3) is 0 Å². The fraction of sp³-hybridized carbons (Fsp3) is 0.444. The number of benzene rings is 1. The van der Waals surface area contributed by atoms with Gasteiger partial charge in [-0.2, -0.15) is 0 Å². The van der Waals surface area contributed by atoms with Gasteiger partial charge in [0.05, 0.1) is 16.5 Å². The summed E-state index contributed by atoms with van der Waals surface area (Å²) in [4.78, 5) is 51.0. The van der Waals surface area contributed by atoms with E-state index in [1.54, 1.807) is 0 Å². The Morgan fingerprint density at radius 2 is 1.80 bits per heavy atom. The Morgan fingerprint density at radius 3 is 2.36 bits per heavy atom. The summed E-state index contributed by atoms with van der Waals surface area (Å²) in [5, 5.41) is 9.60. The molecule has 0 bridgehead atoms. The zero-order valence-electron chi connectivity index (χ0n) is 14.4. The number of imide groups is 1. The van der Waals surface area contributed by atoms with Crippen LogP contribution in [-0.4, -0.2) is 58.7 Å². The average molecular weight is 344 g/mol. The smallest absolute Gasteiger partial charge is 0.311 e. The third-order valence-corrected chi connectivity index (χ3v) is 5.46. The van der Waals surface area contributed by atoms with E-state index in [4.69, 9.17) is 0 Å². The molecule has 0 spiro atoms. The Hall–Kier alpha value is -2.70. The predicted molar refractivity (Wildman–Crippen MR) is 88.3 cm³/mol. The van der Waals surface area contributed by atoms with Gasteiger partial charge < -0.3 is 10.0 Å². The molecule has 0 aromatic heterocycles. The van der Waals surface area contributed by atoms with Crippen LogP contribution in [0.15, 0.2) is 18.2 Å². The van der Waals surface area contributed by atoms with Gasteiger partial charge in [-0.25, -0.2) is 0 Å². The molecule has 7 heteroatoms. The van der Waals surface area contributed by atoms with E-state index in [9.17, 15) is 24.3 Å². The molecule has 1 fully saturated rings. The number of hydrogen-bond acceptors (Lipinski definition) is 4. The molecule has 3 amide bonds. The number of carboxylic acids is 1. The normalized spacial score (nSPS) is 22.7. The molecule has 2 heterocycles. The molecule has 2 aliphatic rings. The summed E-state index contributed by atoms with van der Waals surface area (Å²) >= 11 is 0. The lowest BCUT2D eigenvalue weighted by Gasteiger charge is -2.28. The van der Waals surface area contributed by atoms with Gasteiger partial charge in [-0.15, -0.1) is 0 Å². The van der Waals surface area contributed by atoms with Crippen molar-refractivity contribution in [3.63, 3.8) is 0 Å². The van der Waals surface area contributed by atoms with Crippen molar-refractivity contribution in [3.8, 4) is 0 Å². The highest BCUT2D eigenvalue weighted by molar-refractivity contribution is 6.21. The Balaban J connectivity index is 1.88. The number of rotatable bonds is 3. The molecule has 132 valence electrons. The Morgan fingerprint density at radius 1 is 1.16 bits per heavy atom. The minimum absolute atomic E-state index is 0.101. The number of hydrogen-bond donors (Lipinski definition) is 1. The van der Waals surface area contributed by atoms with Gasteiger partial charge >= 0.3 is 5.97 Å². The first-order chi connectivity index (χ1) is 11.7. The van der Waals surface area contributed by atoms with Crippen LogP contribution in [0.4, 0.5) is 0 Å². The monoisotopic (exact) mass is 344 g/mol. The van der Waals surface area contributed by atoms with Crippen molar-refractivity contribution < 1.29 is 24.3 Å². The highest BCUT2D eigenvalue weighted by Gasteiger charge is 2.48. The maximum Gasteiger partial charge on any atom is 0.311 e. The Bertz CT molecular complexity index is 801. The quantitative estimate of drug-likeness (QED) is 0.838. The van der Waals surface area contributed by atoms with Gasteiger partial charge in [-0.3, -0.25) is 24.1 Å². The zero-order valence-corrected chi connectivity index (χ0v) is 14.4. The van der Waals surface area contributed by atoms with E-state index in [1.165, 1.54) is 30.1 Å². The van der Waals surface area contributed by atoms with Gasteiger partial charge in [-0.05, 0) is 30.5 Å². The highest BCUT2D eigenvalue weighted by atomic mass is 16.4. The molecule has 3 rings (SSSR count). The lowest BCUT2D eigenvalue weighted by atomic mass is 9.76. The van der Waals surface area contributed by atoms with Crippen molar-refractivity contribution in [1.82, 2.24) is 9.80 Å². The van der Waals surface area contributed by atoms with Crippen LogP contribution in [-0.2, 0) is 4.79 Å². The molecule has 0 aliphatic carbocycles. The summed E-state index contributed by atoms with van der Waals surface area (Å²) in [5.41, 5.74) is -0.156. The molecule has 0 saturated carbocycles. The third kappa shape index (κ3) is 2.42. The first-order valence-electron chi connectivity index (χ1n) is 8.18. The van der Waals surface area contributed by atoms with E-state index < -0.39 is 17.3 Å². The molecule has 25 heavy (non-hydrogen) atoms. The lowest BCUT2D eigenvalue weighted by Crippen LogP contribution is -2.40. The summed E-state index contributed by atoms with van der Waals surface area (Å²) in [6, 6.07) is 4.43. The third-order valence-electron chi connectivity index (χ3n) is 5.46. The van der Waals surface area contributed by atoms with Crippen LogP contribution in [0.2, 0.25) is 0 Å². The van der Waals surface area contributed by atoms with Gasteiger partial charge in [0.2, 0.25) is 0 Å². The maximum absolute atomic E-state index is 12.8. The number of amides is 3. The van der Waals surface area contributed by atoms with Gasteiger partial charge in [-0.1, -0.05) is 13.8 Å². The molecule has 1 N–H and O–H groups in total. The van der Waals surface area contributed by atoms with Gasteiger partial charge in [0, 0.05) is 25.7 Å². The highest BCUT2D eigenvalue weighted by Crippen LogP contribution is 2.38. The topological polar surface area (TPSA) is 95.0 Å². The summed E-state index contributed by atoms with van der Waals surface area (Å²) in [5.74, 6) is -2.13. The summed E-state index contributed by atoms with van der Waals surface area (Å²) < 4.78 is 0. The standard InChI is InChI=1S/C18H20N2O5/c1-10(2)18(17(24)25)6-7-20(9-18)14(21)11-4-5-12-13(8-11)16(23)19(3)15(12)22/h4-5,8,10H,6-7,9H2,1-3H3,(H,24,25). The Kier molecular flexibility index (Phi) is 3.89. The largest absolute Gasteiger partial charge is 0.481 e. The Labute approximate surface area is 145 Å². The fourth-order valence-corrected chi connectivity index (χ4v) is 3.58. The number of carbonyl (C=O) groups is 4. The molecule has 0 radical (unpaired) electrons. The second kappa shape index (κ2) is 5.68. The van der Waals surface area contributed by atoms with E-state index in [0.29, 0.717) is 18.5 Å².